The number of halogens is 1. The molecule has 0 aromatic heterocycles. The number of carbonyl (C=O) groups is 1. The Balaban J connectivity index is 2.07. The Labute approximate surface area is 128 Å². The van der Waals surface area contributed by atoms with Gasteiger partial charge in [0, 0.05) is 17.7 Å². The number of cyclic esters (lactones) is 1. The largest absolute Gasteiger partial charge is 0.421 e. The van der Waals surface area contributed by atoms with Gasteiger partial charge in [-0.25, -0.2) is 4.79 Å². The van der Waals surface area contributed by atoms with Crippen molar-refractivity contribution in [2.45, 2.75) is 0 Å². The Kier molecular flexibility index (Phi) is 3.31. The summed E-state index contributed by atoms with van der Waals surface area (Å²) in [5, 5.41) is 10.7. The summed E-state index contributed by atoms with van der Waals surface area (Å²) in [4.78, 5) is 22.0. The van der Waals surface area contributed by atoms with Crippen LogP contribution in [0, 0.1) is 10.1 Å². The molecule has 0 saturated heterocycles. The van der Waals surface area contributed by atoms with Crippen molar-refractivity contribution in [3.63, 3.8) is 0 Å². The van der Waals surface area contributed by atoms with Gasteiger partial charge in [0.25, 0.3) is 5.69 Å². The van der Waals surface area contributed by atoms with Gasteiger partial charge < -0.3 is 4.74 Å². The predicted molar refractivity (Wildman–Crippen MR) is 80.7 cm³/mol. The lowest BCUT2D eigenvalue weighted by atomic mass is 10.1. The highest BCUT2D eigenvalue weighted by molar-refractivity contribution is 9.15. The number of nitro benzene ring substituents is 1. The van der Waals surface area contributed by atoms with Crippen LogP contribution in [0.2, 0.25) is 0 Å². The third kappa shape index (κ3) is 2.34. The summed E-state index contributed by atoms with van der Waals surface area (Å²) in [6.45, 7) is 0. The van der Waals surface area contributed by atoms with E-state index >= 15 is 0 Å². The molecule has 2 aromatic rings. The van der Waals surface area contributed by atoms with Crippen LogP contribution in [0.4, 0.5) is 5.69 Å². The Morgan fingerprint density at radius 3 is 2.29 bits per heavy atom. The number of non-ortho nitro benzene ring substituents is 1. The van der Waals surface area contributed by atoms with Crippen molar-refractivity contribution in [2.75, 3.05) is 0 Å². The molecule has 0 amide bonds. The number of ether oxygens (including phenoxy) is 1. The number of benzene rings is 2. The third-order valence-corrected chi connectivity index (χ3v) is 3.94. The van der Waals surface area contributed by atoms with Gasteiger partial charge in [0.2, 0.25) is 0 Å². The molecule has 21 heavy (non-hydrogen) atoms. The molecule has 3 rings (SSSR count). The molecule has 0 unspecified atom stereocenters. The van der Waals surface area contributed by atoms with Crippen LogP contribution in [0.5, 0.6) is 0 Å². The predicted octanol–water partition coefficient (Wildman–Crippen LogP) is 3.99. The summed E-state index contributed by atoms with van der Waals surface area (Å²) in [7, 11) is 0. The van der Waals surface area contributed by atoms with Crippen LogP contribution in [0.15, 0.2) is 48.5 Å². The van der Waals surface area contributed by atoms with E-state index in [9.17, 15) is 14.9 Å². The Morgan fingerprint density at radius 2 is 1.67 bits per heavy atom. The number of hydrogen-bond donors (Lipinski definition) is 0. The van der Waals surface area contributed by atoms with Crippen molar-refractivity contribution in [3.05, 3.63) is 75.3 Å². The molecule has 0 radical (unpaired) electrons. The summed E-state index contributed by atoms with van der Waals surface area (Å²) >= 11 is 3.40. The average Bonchev–Trinajstić information content (AvgIpc) is 2.84. The van der Waals surface area contributed by atoms with Crippen molar-refractivity contribution in [1.29, 1.82) is 0 Å². The highest BCUT2D eigenvalue weighted by atomic mass is 79.9. The van der Waals surface area contributed by atoms with Gasteiger partial charge in [-0.15, -0.1) is 0 Å². The van der Waals surface area contributed by atoms with Gasteiger partial charge in [0.15, 0.2) is 5.76 Å². The van der Waals surface area contributed by atoms with Gasteiger partial charge in [0.1, 0.15) is 0 Å². The number of rotatable bonds is 2. The van der Waals surface area contributed by atoms with Crippen LogP contribution in [0.25, 0.3) is 10.2 Å². The second-order valence-electron chi connectivity index (χ2n) is 4.38. The molecule has 1 aliphatic heterocycles. The third-order valence-electron chi connectivity index (χ3n) is 3.12. The molecular formula is C15H8BrNO4. The Morgan fingerprint density at radius 1 is 1.05 bits per heavy atom. The number of carbonyl (C=O) groups excluding carboxylic acids is 1. The van der Waals surface area contributed by atoms with Crippen molar-refractivity contribution in [1.82, 2.24) is 0 Å². The van der Waals surface area contributed by atoms with Crippen LogP contribution in [0.1, 0.15) is 21.5 Å². The molecule has 1 heterocycles. The lowest BCUT2D eigenvalue weighted by Crippen LogP contribution is -1.92. The monoisotopic (exact) mass is 345 g/mol. The summed E-state index contributed by atoms with van der Waals surface area (Å²) < 4.78 is 5.86. The fraction of sp³-hybridized carbons (Fsp3) is 0. The number of fused-ring (bicyclic) bond motifs is 1. The molecule has 0 spiro atoms. The molecule has 0 aliphatic carbocycles. The molecule has 0 saturated carbocycles. The summed E-state index contributed by atoms with van der Waals surface area (Å²) in [6, 6.07) is 13.1. The standard InChI is InChI=1S/C15H8BrNO4/c16-13(9-5-7-10(8-6-9)17(19)20)14-11-3-1-2-4-12(11)15(18)21-14/h1-8H/b14-13+. The van der Waals surface area contributed by atoms with E-state index in [1.165, 1.54) is 12.1 Å². The zero-order valence-electron chi connectivity index (χ0n) is 10.6. The Bertz CT molecular complexity index is 781. The van der Waals surface area contributed by atoms with Crippen molar-refractivity contribution >= 4 is 37.8 Å². The second-order valence-corrected chi connectivity index (χ2v) is 5.18. The summed E-state index contributed by atoms with van der Waals surface area (Å²) in [5.41, 5.74) is 1.91. The van der Waals surface area contributed by atoms with Crippen LogP contribution in [0.3, 0.4) is 0 Å². The van der Waals surface area contributed by atoms with Crippen molar-refractivity contribution < 1.29 is 14.5 Å². The maximum atomic E-state index is 11.8. The van der Waals surface area contributed by atoms with Gasteiger partial charge in [-0.2, -0.15) is 0 Å². The molecule has 5 nitrogen and oxygen atoms in total. The number of esters is 1. The molecule has 0 N–H and O–H groups in total. The molecule has 2 aromatic carbocycles. The zero-order chi connectivity index (χ0) is 15.0. The van der Waals surface area contributed by atoms with E-state index in [1.807, 2.05) is 6.07 Å². The van der Waals surface area contributed by atoms with Gasteiger partial charge in [0.05, 0.1) is 15.0 Å². The maximum Gasteiger partial charge on any atom is 0.344 e. The van der Waals surface area contributed by atoms with E-state index in [4.69, 9.17) is 4.74 Å². The molecule has 1 aliphatic rings. The first-order chi connectivity index (χ1) is 10.1. The van der Waals surface area contributed by atoms with Crippen molar-refractivity contribution in [3.8, 4) is 0 Å². The lowest BCUT2D eigenvalue weighted by molar-refractivity contribution is -0.384. The SMILES string of the molecule is O=C1O/C(=C(/Br)c2ccc([N+](=O)[O-])cc2)c2ccccc21. The fourth-order valence-corrected chi connectivity index (χ4v) is 2.64. The lowest BCUT2D eigenvalue weighted by Gasteiger charge is -2.04. The highest BCUT2D eigenvalue weighted by Gasteiger charge is 2.28. The normalized spacial score (nSPS) is 15.4. The molecule has 104 valence electrons. The number of hydrogen-bond acceptors (Lipinski definition) is 4. The van der Waals surface area contributed by atoms with Crippen LogP contribution in [-0.2, 0) is 4.74 Å². The van der Waals surface area contributed by atoms with Gasteiger partial charge >= 0.3 is 5.97 Å². The quantitative estimate of drug-likeness (QED) is 0.468. The number of nitro groups is 1. The zero-order valence-corrected chi connectivity index (χ0v) is 12.2. The topological polar surface area (TPSA) is 69.4 Å². The smallest absolute Gasteiger partial charge is 0.344 e. The first kappa shape index (κ1) is 13.5. The van der Waals surface area contributed by atoms with Gasteiger partial charge in [-0.3, -0.25) is 10.1 Å². The maximum absolute atomic E-state index is 11.8. The van der Waals surface area contributed by atoms with E-state index in [1.54, 1.807) is 30.3 Å². The first-order valence-corrected chi connectivity index (χ1v) is 6.83. The molecular weight excluding hydrogens is 338 g/mol. The van der Waals surface area contributed by atoms with Crippen molar-refractivity contribution in [2.24, 2.45) is 0 Å². The van der Waals surface area contributed by atoms with Crippen LogP contribution >= 0.6 is 15.9 Å². The number of nitrogens with zero attached hydrogens (tertiary/aromatic N) is 1. The van der Waals surface area contributed by atoms with Crippen LogP contribution < -0.4 is 0 Å². The van der Waals surface area contributed by atoms with Crippen LogP contribution in [-0.4, -0.2) is 10.9 Å². The first-order valence-electron chi connectivity index (χ1n) is 6.04. The summed E-state index contributed by atoms with van der Waals surface area (Å²) in [5.74, 6) is 0.0175. The second kappa shape index (κ2) is 5.14. The molecule has 6 heteroatoms. The average molecular weight is 346 g/mol. The van der Waals surface area contributed by atoms with E-state index < -0.39 is 10.9 Å². The fourth-order valence-electron chi connectivity index (χ4n) is 2.09. The van der Waals surface area contributed by atoms with E-state index in [0.29, 0.717) is 26.9 Å². The minimum Gasteiger partial charge on any atom is -0.421 e. The highest BCUT2D eigenvalue weighted by Crippen LogP contribution is 2.38. The minimum atomic E-state index is -0.463. The Hall–Kier alpha value is -2.47. The van der Waals surface area contributed by atoms with E-state index in [-0.39, 0.29) is 5.69 Å². The summed E-state index contributed by atoms with van der Waals surface area (Å²) in [6.07, 6.45) is 0. The van der Waals surface area contributed by atoms with E-state index in [0.717, 1.165) is 0 Å². The minimum absolute atomic E-state index is 0.00728. The molecule has 0 fully saturated rings. The molecule has 0 atom stereocenters. The van der Waals surface area contributed by atoms with Gasteiger partial charge in [-0.05, 0) is 39.7 Å². The van der Waals surface area contributed by atoms with Gasteiger partial charge in [-0.1, -0.05) is 18.2 Å². The van der Waals surface area contributed by atoms with E-state index in [2.05, 4.69) is 15.9 Å². The molecule has 0 bridgehead atoms.